The molecule has 0 saturated carbocycles. The number of nitrogens with zero attached hydrogens (tertiary/aromatic N) is 1. The molecule has 1 aromatic heterocycles. The van der Waals surface area contributed by atoms with Gasteiger partial charge in [-0.25, -0.2) is 4.79 Å². The Bertz CT molecular complexity index is 1040. The lowest BCUT2D eigenvalue weighted by atomic mass is 10.1. The van der Waals surface area contributed by atoms with E-state index >= 15 is 0 Å². The number of imide groups is 1. The molecule has 1 aromatic carbocycles. The summed E-state index contributed by atoms with van der Waals surface area (Å²) in [6, 6.07) is 6.90. The number of rotatable bonds is 4. The van der Waals surface area contributed by atoms with Crippen molar-refractivity contribution in [3.05, 3.63) is 57.4 Å². The second-order valence-corrected chi connectivity index (χ2v) is 5.57. The van der Waals surface area contributed by atoms with Gasteiger partial charge < -0.3 is 10.5 Å². The Morgan fingerprint density at radius 2 is 1.85 bits per heavy atom. The van der Waals surface area contributed by atoms with Gasteiger partial charge in [0.1, 0.15) is 12.4 Å². The van der Waals surface area contributed by atoms with Crippen molar-refractivity contribution < 1.29 is 23.9 Å². The van der Waals surface area contributed by atoms with E-state index in [1.165, 1.54) is 19.1 Å². The van der Waals surface area contributed by atoms with E-state index in [1.54, 1.807) is 12.1 Å². The van der Waals surface area contributed by atoms with Gasteiger partial charge in [0.05, 0.1) is 22.4 Å². The summed E-state index contributed by atoms with van der Waals surface area (Å²) in [5.41, 5.74) is 5.05. The molecule has 2 aromatic rings. The minimum atomic E-state index is -0.830. The smallest absolute Gasteiger partial charge is 0.340 e. The third-order valence-electron chi connectivity index (χ3n) is 3.72. The lowest BCUT2D eigenvalue weighted by molar-refractivity contribution is -0.120. The van der Waals surface area contributed by atoms with Crippen LogP contribution in [0.25, 0.3) is 5.69 Å². The molecule has 3 N–H and O–H groups in total. The Morgan fingerprint density at radius 1 is 1.15 bits per heavy atom. The minimum absolute atomic E-state index is 0.0211. The van der Waals surface area contributed by atoms with Crippen LogP contribution in [0.5, 0.6) is 0 Å². The van der Waals surface area contributed by atoms with Crippen LogP contribution in [0, 0.1) is 0 Å². The Hall–Kier alpha value is -3.75. The van der Waals surface area contributed by atoms with Crippen LogP contribution in [0.3, 0.4) is 0 Å². The summed E-state index contributed by atoms with van der Waals surface area (Å²) < 4.78 is 5.83. The average molecular weight is 355 g/mol. The predicted molar refractivity (Wildman–Crippen MR) is 89.2 cm³/mol. The van der Waals surface area contributed by atoms with Crippen molar-refractivity contribution in [1.29, 1.82) is 0 Å². The van der Waals surface area contributed by atoms with Gasteiger partial charge in [0.2, 0.25) is 0 Å². The lowest BCUT2D eigenvalue weighted by Crippen LogP contribution is -2.26. The molecule has 0 aliphatic carbocycles. The van der Waals surface area contributed by atoms with Crippen molar-refractivity contribution in [2.75, 3.05) is 12.3 Å². The summed E-state index contributed by atoms with van der Waals surface area (Å²) in [6.07, 6.45) is 0. The van der Waals surface area contributed by atoms with E-state index in [2.05, 4.69) is 5.32 Å². The number of para-hydroxylation sites is 1. The molecular formula is C17H13N3O6. The molecule has 1 aliphatic rings. The molecule has 9 nitrogen and oxygen atoms in total. The number of hydrogen-bond acceptors (Lipinski definition) is 7. The van der Waals surface area contributed by atoms with Gasteiger partial charge in [-0.2, -0.15) is 0 Å². The Labute approximate surface area is 146 Å². The van der Waals surface area contributed by atoms with Crippen LogP contribution >= 0.6 is 0 Å². The zero-order valence-electron chi connectivity index (χ0n) is 13.6. The molecule has 2 heterocycles. The topological polar surface area (TPSA) is 138 Å². The number of benzene rings is 1. The standard InChI is InChI=1S/C17H13N3O6/c1-8(21)7-26-17(25)9-4-2-3-5-11(9)20-12(22)6-10-13(14(20)18)16(24)19-15(10)23/h2-6H,7,18H2,1H3,(H,19,23,24). The Balaban J connectivity index is 2.18. The molecule has 0 atom stereocenters. The molecule has 9 heteroatoms. The maximum Gasteiger partial charge on any atom is 0.340 e. The van der Waals surface area contributed by atoms with Crippen LogP contribution < -0.4 is 16.6 Å². The zero-order valence-corrected chi connectivity index (χ0v) is 13.6. The van der Waals surface area contributed by atoms with Gasteiger partial charge >= 0.3 is 5.97 Å². The summed E-state index contributed by atoms with van der Waals surface area (Å²) in [4.78, 5) is 59.4. The first-order valence-electron chi connectivity index (χ1n) is 7.48. The number of fused-ring (bicyclic) bond motifs is 1. The van der Waals surface area contributed by atoms with Crippen molar-refractivity contribution in [2.45, 2.75) is 6.92 Å². The van der Waals surface area contributed by atoms with E-state index in [4.69, 9.17) is 10.5 Å². The molecule has 3 rings (SSSR count). The number of carbonyl (C=O) groups is 4. The van der Waals surface area contributed by atoms with Crippen LogP contribution in [0.2, 0.25) is 0 Å². The quantitative estimate of drug-likeness (QED) is 0.584. The van der Waals surface area contributed by atoms with E-state index < -0.39 is 29.9 Å². The molecule has 0 fully saturated rings. The van der Waals surface area contributed by atoms with E-state index in [9.17, 15) is 24.0 Å². The first-order chi connectivity index (χ1) is 12.3. The highest BCUT2D eigenvalue weighted by Gasteiger charge is 2.32. The van der Waals surface area contributed by atoms with Gasteiger partial charge in [-0.3, -0.25) is 29.1 Å². The van der Waals surface area contributed by atoms with E-state index in [-0.39, 0.29) is 34.0 Å². The molecule has 132 valence electrons. The van der Waals surface area contributed by atoms with Crippen LogP contribution in [-0.2, 0) is 9.53 Å². The van der Waals surface area contributed by atoms with Crippen molar-refractivity contribution in [1.82, 2.24) is 9.88 Å². The maximum absolute atomic E-state index is 12.5. The number of ether oxygens (including phenoxy) is 1. The fraction of sp³-hybridized carbons (Fsp3) is 0.118. The van der Waals surface area contributed by atoms with Gasteiger partial charge in [-0.15, -0.1) is 0 Å². The van der Waals surface area contributed by atoms with Crippen molar-refractivity contribution >= 4 is 29.4 Å². The SMILES string of the molecule is CC(=O)COC(=O)c1ccccc1-n1c(N)c2c(cc1=O)C(=O)NC2=O. The molecule has 2 amide bonds. The van der Waals surface area contributed by atoms with Crippen LogP contribution in [0.4, 0.5) is 5.82 Å². The van der Waals surface area contributed by atoms with Crippen molar-refractivity contribution in [3.63, 3.8) is 0 Å². The number of esters is 1. The van der Waals surface area contributed by atoms with Gasteiger partial charge in [0.15, 0.2) is 5.78 Å². The summed E-state index contributed by atoms with van der Waals surface area (Å²) >= 11 is 0. The largest absolute Gasteiger partial charge is 0.454 e. The summed E-state index contributed by atoms with van der Waals surface area (Å²) in [6.45, 7) is 0.844. The minimum Gasteiger partial charge on any atom is -0.454 e. The van der Waals surface area contributed by atoms with E-state index in [1.807, 2.05) is 0 Å². The summed E-state index contributed by atoms with van der Waals surface area (Å²) in [7, 11) is 0. The monoisotopic (exact) mass is 355 g/mol. The molecular weight excluding hydrogens is 342 g/mol. The van der Waals surface area contributed by atoms with Crippen LogP contribution in [0.15, 0.2) is 35.1 Å². The highest BCUT2D eigenvalue weighted by Crippen LogP contribution is 2.24. The molecule has 0 radical (unpaired) electrons. The third-order valence-corrected chi connectivity index (χ3v) is 3.72. The van der Waals surface area contributed by atoms with E-state index in [0.29, 0.717) is 0 Å². The van der Waals surface area contributed by atoms with Crippen LogP contribution in [0.1, 0.15) is 38.0 Å². The highest BCUT2D eigenvalue weighted by atomic mass is 16.5. The molecule has 0 unspecified atom stereocenters. The first kappa shape index (κ1) is 17.1. The number of aromatic nitrogens is 1. The predicted octanol–water partition coefficient (Wildman–Crippen LogP) is 0.0491. The van der Waals surface area contributed by atoms with Crippen LogP contribution in [-0.4, -0.2) is 34.7 Å². The number of nitrogens with one attached hydrogen (secondary N) is 1. The number of nitrogens with two attached hydrogens (primary N) is 1. The normalized spacial score (nSPS) is 12.5. The zero-order chi connectivity index (χ0) is 19.0. The number of hydrogen-bond donors (Lipinski definition) is 2. The number of carbonyl (C=O) groups excluding carboxylic acids is 4. The maximum atomic E-state index is 12.5. The number of anilines is 1. The Morgan fingerprint density at radius 3 is 2.54 bits per heavy atom. The Kier molecular flexibility index (Phi) is 4.13. The number of ketones is 1. The molecule has 0 bridgehead atoms. The van der Waals surface area contributed by atoms with Gasteiger partial charge in [0, 0.05) is 6.07 Å². The molecule has 26 heavy (non-hydrogen) atoms. The van der Waals surface area contributed by atoms with Gasteiger partial charge in [0.25, 0.3) is 17.4 Å². The van der Waals surface area contributed by atoms with Gasteiger partial charge in [-0.05, 0) is 19.1 Å². The number of Topliss-reactive ketones (excluding diaryl/α,β-unsaturated/α-hetero) is 1. The van der Waals surface area contributed by atoms with E-state index in [0.717, 1.165) is 10.6 Å². The van der Waals surface area contributed by atoms with Crippen molar-refractivity contribution in [2.24, 2.45) is 0 Å². The molecule has 0 spiro atoms. The first-order valence-corrected chi connectivity index (χ1v) is 7.48. The average Bonchev–Trinajstić information content (AvgIpc) is 2.87. The second-order valence-electron chi connectivity index (χ2n) is 5.57. The fourth-order valence-electron chi connectivity index (χ4n) is 2.61. The fourth-order valence-corrected chi connectivity index (χ4v) is 2.61. The number of pyridine rings is 1. The number of nitrogen functional groups attached to an aromatic ring is 1. The third kappa shape index (κ3) is 2.75. The van der Waals surface area contributed by atoms with Crippen molar-refractivity contribution in [3.8, 4) is 5.69 Å². The van der Waals surface area contributed by atoms with Gasteiger partial charge in [-0.1, -0.05) is 12.1 Å². The summed E-state index contributed by atoms with van der Waals surface area (Å²) in [5, 5.41) is 2.06. The molecule has 1 aliphatic heterocycles. The number of amides is 2. The highest BCUT2D eigenvalue weighted by molar-refractivity contribution is 6.23. The summed E-state index contributed by atoms with van der Waals surface area (Å²) in [5.74, 6) is -2.89. The lowest BCUT2D eigenvalue weighted by Gasteiger charge is -2.15. The molecule has 0 saturated heterocycles. The second kappa shape index (κ2) is 6.28.